The van der Waals surface area contributed by atoms with Gasteiger partial charge in [-0.1, -0.05) is 11.5 Å². The summed E-state index contributed by atoms with van der Waals surface area (Å²) in [5.74, 6) is 1.06. The third-order valence-corrected chi connectivity index (χ3v) is 5.66. The molecule has 0 spiro atoms. The summed E-state index contributed by atoms with van der Waals surface area (Å²) in [7, 11) is 0. The zero-order valence-corrected chi connectivity index (χ0v) is 14.0. The first-order valence-electron chi connectivity index (χ1n) is 8.17. The highest BCUT2D eigenvalue weighted by Crippen LogP contribution is 2.33. The minimum atomic E-state index is -0.0508. The molecule has 23 heavy (non-hydrogen) atoms. The monoisotopic (exact) mass is 340 g/mol. The van der Waals surface area contributed by atoms with E-state index in [1.54, 1.807) is 0 Å². The molecule has 2 heterocycles. The molecule has 2 rings (SSSR count). The molecule has 2 aliphatic rings. The lowest BCUT2D eigenvalue weighted by molar-refractivity contribution is -0.121. The molecule has 3 N–H and O–H groups in total. The average molecular weight is 340 g/mol. The quantitative estimate of drug-likeness (QED) is 0.185. The van der Waals surface area contributed by atoms with E-state index in [0.717, 1.165) is 37.9 Å². The molecule has 0 aliphatic carbocycles. The van der Waals surface area contributed by atoms with Crippen molar-refractivity contribution in [2.45, 2.75) is 55.9 Å². The standard InChI is InChI=1S/C14H24N6O2S/c15-20-17-8-4-3-7-16-12(21)6-2-1-5-11-13-10(9-23-11)18-14(22)19-13/h10-11,13H,1-9H2,(H,16,21)(H2,18,19,22)/t10-,11+,13+/m1/s1. The van der Waals surface area contributed by atoms with Crippen LogP contribution in [0.25, 0.3) is 10.4 Å². The maximum absolute atomic E-state index is 11.7. The van der Waals surface area contributed by atoms with E-state index < -0.39 is 0 Å². The molecule has 3 amide bonds. The Morgan fingerprint density at radius 1 is 1.35 bits per heavy atom. The maximum Gasteiger partial charge on any atom is 0.315 e. The number of rotatable bonds is 10. The van der Waals surface area contributed by atoms with Crippen molar-refractivity contribution in [2.75, 3.05) is 18.8 Å². The number of thioether (sulfide) groups is 1. The molecule has 0 aromatic rings. The zero-order chi connectivity index (χ0) is 16.5. The highest BCUT2D eigenvalue weighted by Gasteiger charge is 2.42. The summed E-state index contributed by atoms with van der Waals surface area (Å²) in [5.41, 5.74) is 8.14. The smallest absolute Gasteiger partial charge is 0.315 e. The molecule has 2 fully saturated rings. The number of nitrogens with one attached hydrogen (secondary N) is 3. The average Bonchev–Trinajstić information content (AvgIpc) is 3.07. The van der Waals surface area contributed by atoms with E-state index in [1.807, 2.05) is 11.8 Å². The van der Waals surface area contributed by atoms with E-state index in [9.17, 15) is 9.59 Å². The van der Waals surface area contributed by atoms with Crippen LogP contribution in [0.5, 0.6) is 0 Å². The first kappa shape index (κ1) is 17.7. The molecule has 9 heteroatoms. The molecule has 2 saturated heterocycles. The summed E-state index contributed by atoms with van der Waals surface area (Å²) >= 11 is 1.91. The normalized spacial score (nSPS) is 25.2. The van der Waals surface area contributed by atoms with Crippen molar-refractivity contribution in [3.05, 3.63) is 10.4 Å². The number of fused-ring (bicyclic) bond motifs is 1. The van der Waals surface area contributed by atoms with Crippen LogP contribution in [0.3, 0.4) is 0 Å². The van der Waals surface area contributed by atoms with E-state index in [-0.39, 0.29) is 24.0 Å². The largest absolute Gasteiger partial charge is 0.356 e. The summed E-state index contributed by atoms with van der Waals surface area (Å²) in [6.45, 7) is 1.12. The van der Waals surface area contributed by atoms with E-state index in [1.165, 1.54) is 0 Å². The number of hydrogen-bond acceptors (Lipinski definition) is 4. The van der Waals surface area contributed by atoms with Gasteiger partial charge in [0, 0.05) is 35.4 Å². The molecule has 128 valence electrons. The fourth-order valence-electron chi connectivity index (χ4n) is 2.94. The van der Waals surface area contributed by atoms with Gasteiger partial charge in [-0.05, 0) is 31.2 Å². The Hall–Kier alpha value is -1.60. The van der Waals surface area contributed by atoms with E-state index in [4.69, 9.17) is 5.53 Å². The Labute approximate surface area is 140 Å². The summed E-state index contributed by atoms with van der Waals surface area (Å²) in [5, 5.41) is 12.7. The van der Waals surface area contributed by atoms with Gasteiger partial charge in [0.1, 0.15) is 0 Å². The van der Waals surface area contributed by atoms with Crippen LogP contribution in [-0.4, -0.2) is 48.1 Å². The molecule has 0 saturated carbocycles. The van der Waals surface area contributed by atoms with Gasteiger partial charge >= 0.3 is 6.03 Å². The lowest BCUT2D eigenvalue weighted by atomic mass is 10.0. The minimum absolute atomic E-state index is 0.0508. The lowest BCUT2D eigenvalue weighted by Crippen LogP contribution is -2.36. The van der Waals surface area contributed by atoms with Crippen molar-refractivity contribution >= 4 is 23.7 Å². The number of carbonyl (C=O) groups excluding carboxylic acids is 2. The van der Waals surface area contributed by atoms with Gasteiger partial charge in [-0.15, -0.1) is 0 Å². The molecule has 3 atom stereocenters. The van der Waals surface area contributed by atoms with E-state index in [2.05, 4.69) is 26.0 Å². The number of hydrogen-bond donors (Lipinski definition) is 3. The Balaban J connectivity index is 1.48. The van der Waals surface area contributed by atoms with Crippen LogP contribution in [0.2, 0.25) is 0 Å². The first-order chi connectivity index (χ1) is 11.2. The topological polar surface area (TPSA) is 119 Å². The van der Waals surface area contributed by atoms with Crippen LogP contribution in [0.4, 0.5) is 4.79 Å². The van der Waals surface area contributed by atoms with Crippen molar-refractivity contribution in [2.24, 2.45) is 5.11 Å². The van der Waals surface area contributed by atoms with Crippen LogP contribution in [-0.2, 0) is 4.79 Å². The van der Waals surface area contributed by atoms with Crippen LogP contribution >= 0.6 is 11.8 Å². The summed E-state index contributed by atoms with van der Waals surface area (Å²) in [6, 6.07) is 0.466. The van der Waals surface area contributed by atoms with Gasteiger partial charge in [0.25, 0.3) is 0 Å². The molecule has 0 radical (unpaired) electrons. The van der Waals surface area contributed by atoms with Crippen molar-refractivity contribution in [3.8, 4) is 0 Å². The highest BCUT2D eigenvalue weighted by molar-refractivity contribution is 8.00. The van der Waals surface area contributed by atoms with Gasteiger partial charge in [-0.2, -0.15) is 11.8 Å². The van der Waals surface area contributed by atoms with Gasteiger partial charge in [0.2, 0.25) is 5.91 Å². The van der Waals surface area contributed by atoms with Crippen molar-refractivity contribution < 1.29 is 9.59 Å². The predicted molar refractivity (Wildman–Crippen MR) is 90.2 cm³/mol. The molecule has 2 aliphatic heterocycles. The van der Waals surface area contributed by atoms with Crippen LogP contribution in [0.1, 0.15) is 38.5 Å². The number of amides is 3. The molecule has 8 nitrogen and oxygen atoms in total. The maximum atomic E-state index is 11.7. The number of nitrogens with zero attached hydrogens (tertiary/aromatic N) is 3. The number of carbonyl (C=O) groups is 2. The van der Waals surface area contributed by atoms with Gasteiger partial charge in [-0.25, -0.2) is 4.79 Å². The van der Waals surface area contributed by atoms with E-state index >= 15 is 0 Å². The summed E-state index contributed by atoms with van der Waals surface area (Å²) in [6.07, 6.45) is 5.09. The van der Waals surface area contributed by atoms with Crippen LogP contribution < -0.4 is 16.0 Å². The number of unbranched alkanes of at least 4 members (excludes halogenated alkanes) is 2. The van der Waals surface area contributed by atoms with Crippen molar-refractivity contribution in [1.29, 1.82) is 0 Å². The molecule has 0 bridgehead atoms. The second-order valence-corrected chi connectivity index (χ2v) is 7.15. The third kappa shape index (κ3) is 5.84. The molecule has 0 aromatic heterocycles. The Kier molecular flexibility index (Phi) is 7.35. The second-order valence-electron chi connectivity index (χ2n) is 5.88. The minimum Gasteiger partial charge on any atom is -0.356 e. The SMILES string of the molecule is [N-]=[N+]=NCCCCNC(=O)CCCC[C@@H]1SC[C@H]2NC(=O)N[C@H]12. The fraction of sp³-hybridized carbons (Fsp3) is 0.857. The second kappa shape index (κ2) is 9.52. The van der Waals surface area contributed by atoms with Gasteiger partial charge in [0.15, 0.2) is 0 Å². The number of urea groups is 1. The van der Waals surface area contributed by atoms with E-state index in [0.29, 0.717) is 24.8 Å². The van der Waals surface area contributed by atoms with Crippen LogP contribution in [0, 0.1) is 0 Å². The highest BCUT2D eigenvalue weighted by atomic mass is 32.2. The van der Waals surface area contributed by atoms with Gasteiger partial charge in [0.05, 0.1) is 12.1 Å². The molecular weight excluding hydrogens is 316 g/mol. The van der Waals surface area contributed by atoms with Crippen LogP contribution in [0.15, 0.2) is 5.11 Å². The predicted octanol–water partition coefficient (Wildman–Crippen LogP) is 1.92. The molecular formula is C14H24N6O2S. The fourth-order valence-corrected chi connectivity index (χ4v) is 4.49. The first-order valence-corrected chi connectivity index (χ1v) is 9.22. The Bertz CT molecular complexity index is 468. The Morgan fingerprint density at radius 3 is 3.04 bits per heavy atom. The molecule has 0 aromatic carbocycles. The zero-order valence-electron chi connectivity index (χ0n) is 13.2. The third-order valence-electron chi connectivity index (χ3n) is 4.15. The number of azide groups is 1. The van der Waals surface area contributed by atoms with Crippen molar-refractivity contribution in [3.63, 3.8) is 0 Å². The van der Waals surface area contributed by atoms with Gasteiger partial charge in [-0.3, -0.25) is 4.79 Å². The molecule has 0 unspecified atom stereocenters. The Morgan fingerprint density at radius 2 is 2.22 bits per heavy atom. The summed E-state index contributed by atoms with van der Waals surface area (Å²) in [4.78, 5) is 25.7. The summed E-state index contributed by atoms with van der Waals surface area (Å²) < 4.78 is 0. The van der Waals surface area contributed by atoms with Gasteiger partial charge < -0.3 is 16.0 Å². The lowest BCUT2D eigenvalue weighted by Gasteiger charge is -2.16. The van der Waals surface area contributed by atoms with Crippen molar-refractivity contribution in [1.82, 2.24) is 16.0 Å².